The van der Waals surface area contributed by atoms with E-state index >= 15 is 0 Å². The number of hydrogen-bond donors (Lipinski definition) is 2. The first-order chi connectivity index (χ1) is 16.3. The van der Waals surface area contributed by atoms with E-state index < -0.39 is 11.0 Å². The van der Waals surface area contributed by atoms with Crippen LogP contribution in [0.4, 0.5) is 11.5 Å². The molecular formula is C23H29N5O6. The third kappa shape index (κ3) is 6.12. The van der Waals surface area contributed by atoms with Crippen molar-refractivity contribution < 1.29 is 24.0 Å². The molecule has 1 aliphatic heterocycles. The van der Waals surface area contributed by atoms with E-state index in [1.54, 1.807) is 25.3 Å². The van der Waals surface area contributed by atoms with Crippen LogP contribution in [0.2, 0.25) is 0 Å². The SMILES string of the molecule is COc1ccc(CC(NC(C)=O)C(=O)NC2CCN(c3ncccc3[N+](=O)[O-])CC2)c(OC)c1. The van der Waals surface area contributed by atoms with Gasteiger partial charge in [0.1, 0.15) is 17.5 Å². The molecule has 2 N–H and O–H groups in total. The summed E-state index contributed by atoms with van der Waals surface area (Å²) in [4.78, 5) is 41.7. The van der Waals surface area contributed by atoms with Crippen LogP contribution in [0.3, 0.4) is 0 Å². The minimum absolute atomic E-state index is 0.0378. The number of carbonyl (C=O) groups is 2. The van der Waals surface area contributed by atoms with Crippen LogP contribution in [0.5, 0.6) is 11.5 Å². The van der Waals surface area contributed by atoms with E-state index in [2.05, 4.69) is 15.6 Å². The first kappa shape index (κ1) is 24.7. The number of nitrogens with zero attached hydrogens (tertiary/aromatic N) is 3. The molecule has 0 radical (unpaired) electrons. The maximum absolute atomic E-state index is 13.1. The van der Waals surface area contributed by atoms with Gasteiger partial charge in [-0.1, -0.05) is 6.07 Å². The van der Waals surface area contributed by atoms with Gasteiger partial charge in [0.15, 0.2) is 0 Å². The lowest BCUT2D eigenvalue weighted by Crippen LogP contribution is -2.52. The topological polar surface area (TPSA) is 136 Å². The molecule has 2 heterocycles. The molecular weight excluding hydrogens is 442 g/mol. The molecule has 1 fully saturated rings. The third-order valence-electron chi connectivity index (χ3n) is 5.72. The van der Waals surface area contributed by atoms with Crippen LogP contribution in [-0.4, -0.2) is 61.1 Å². The summed E-state index contributed by atoms with van der Waals surface area (Å²) in [5.74, 6) is 0.911. The Morgan fingerprint density at radius 1 is 1.24 bits per heavy atom. The number of carbonyl (C=O) groups excluding carboxylic acids is 2. The summed E-state index contributed by atoms with van der Waals surface area (Å²) in [5.41, 5.74) is 0.721. The van der Waals surface area contributed by atoms with E-state index in [0.717, 1.165) is 5.56 Å². The van der Waals surface area contributed by atoms with E-state index in [1.165, 1.54) is 32.4 Å². The Morgan fingerprint density at radius 3 is 2.59 bits per heavy atom. The number of pyridine rings is 1. The molecule has 2 aromatic rings. The van der Waals surface area contributed by atoms with Gasteiger partial charge in [-0.2, -0.15) is 0 Å². The zero-order chi connectivity index (χ0) is 24.7. The van der Waals surface area contributed by atoms with E-state index in [-0.39, 0.29) is 30.0 Å². The lowest BCUT2D eigenvalue weighted by atomic mass is 10.0. The average Bonchev–Trinajstić information content (AvgIpc) is 2.84. The van der Waals surface area contributed by atoms with Crippen LogP contribution in [0.15, 0.2) is 36.5 Å². The quantitative estimate of drug-likeness (QED) is 0.418. The fraction of sp³-hybridized carbons (Fsp3) is 0.435. The number of hydrogen-bond acceptors (Lipinski definition) is 8. The van der Waals surface area contributed by atoms with Crippen molar-refractivity contribution in [3.63, 3.8) is 0 Å². The molecule has 182 valence electrons. The van der Waals surface area contributed by atoms with Crippen LogP contribution in [0, 0.1) is 10.1 Å². The van der Waals surface area contributed by atoms with Crippen molar-refractivity contribution in [1.29, 1.82) is 0 Å². The minimum atomic E-state index is -0.783. The van der Waals surface area contributed by atoms with Crippen molar-refractivity contribution in [2.75, 3.05) is 32.2 Å². The molecule has 11 heteroatoms. The molecule has 1 aliphatic rings. The highest BCUT2D eigenvalue weighted by Crippen LogP contribution is 2.28. The number of nitro groups is 1. The molecule has 0 saturated carbocycles. The van der Waals surface area contributed by atoms with Gasteiger partial charge in [0.2, 0.25) is 17.6 Å². The fourth-order valence-corrected chi connectivity index (χ4v) is 4.01. The van der Waals surface area contributed by atoms with Crippen LogP contribution in [-0.2, 0) is 16.0 Å². The normalized spacial score (nSPS) is 14.7. The number of amides is 2. The molecule has 1 aromatic carbocycles. The molecule has 1 saturated heterocycles. The number of methoxy groups -OCH3 is 2. The van der Waals surface area contributed by atoms with Gasteiger partial charge in [-0.05, 0) is 30.5 Å². The third-order valence-corrected chi connectivity index (χ3v) is 5.72. The summed E-state index contributed by atoms with van der Waals surface area (Å²) < 4.78 is 10.6. The van der Waals surface area contributed by atoms with Gasteiger partial charge in [-0.15, -0.1) is 0 Å². The van der Waals surface area contributed by atoms with Crippen molar-refractivity contribution in [2.24, 2.45) is 0 Å². The zero-order valence-electron chi connectivity index (χ0n) is 19.4. The zero-order valence-corrected chi connectivity index (χ0v) is 19.4. The maximum Gasteiger partial charge on any atom is 0.311 e. The molecule has 0 bridgehead atoms. The summed E-state index contributed by atoms with van der Waals surface area (Å²) in [6.45, 7) is 2.39. The second-order valence-electron chi connectivity index (χ2n) is 8.01. The number of ether oxygens (including phenoxy) is 2. The summed E-state index contributed by atoms with van der Waals surface area (Å²) in [6, 6.07) is 7.36. The summed E-state index contributed by atoms with van der Waals surface area (Å²) in [7, 11) is 3.09. The number of anilines is 1. The molecule has 3 rings (SSSR count). The largest absolute Gasteiger partial charge is 0.497 e. The molecule has 11 nitrogen and oxygen atoms in total. The molecule has 34 heavy (non-hydrogen) atoms. The first-order valence-corrected chi connectivity index (χ1v) is 10.9. The van der Waals surface area contributed by atoms with Crippen molar-refractivity contribution in [2.45, 2.75) is 38.3 Å². The van der Waals surface area contributed by atoms with Gasteiger partial charge in [0.05, 0.1) is 19.1 Å². The Labute approximate surface area is 197 Å². The van der Waals surface area contributed by atoms with Gasteiger partial charge in [0.25, 0.3) is 0 Å². The van der Waals surface area contributed by atoms with Gasteiger partial charge in [-0.3, -0.25) is 19.7 Å². The highest BCUT2D eigenvalue weighted by Gasteiger charge is 2.29. The Hall–Kier alpha value is -3.89. The lowest BCUT2D eigenvalue weighted by Gasteiger charge is -2.33. The maximum atomic E-state index is 13.1. The van der Waals surface area contributed by atoms with Crippen molar-refractivity contribution in [3.8, 4) is 11.5 Å². The molecule has 1 aromatic heterocycles. The van der Waals surface area contributed by atoms with Gasteiger partial charge >= 0.3 is 5.69 Å². The highest BCUT2D eigenvalue weighted by molar-refractivity contribution is 5.87. The minimum Gasteiger partial charge on any atom is -0.497 e. The Kier molecular flexibility index (Phi) is 8.23. The predicted molar refractivity (Wildman–Crippen MR) is 125 cm³/mol. The predicted octanol–water partition coefficient (Wildman–Crippen LogP) is 1.84. The Bertz CT molecular complexity index is 1040. The summed E-state index contributed by atoms with van der Waals surface area (Å²) >= 11 is 0. The number of aromatic nitrogens is 1. The van der Waals surface area contributed by atoms with Crippen molar-refractivity contribution >= 4 is 23.3 Å². The number of rotatable bonds is 9. The number of piperidine rings is 1. The lowest BCUT2D eigenvalue weighted by molar-refractivity contribution is -0.384. The Balaban J connectivity index is 1.65. The Morgan fingerprint density at radius 2 is 1.97 bits per heavy atom. The van der Waals surface area contributed by atoms with Gasteiger partial charge < -0.3 is 25.0 Å². The molecule has 1 unspecified atom stereocenters. The van der Waals surface area contributed by atoms with Crippen LogP contribution >= 0.6 is 0 Å². The average molecular weight is 472 g/mol. The second-order valence-corrected chi connectivity index (χ2v) is 8.01. The summed E-state index contributed by atoms with van der Waals surface area (Å²) in [6.07, 6.45) is 2.97. The van der Waals surface area contributed by atoms with E-state index in [4.69, 9.17) is 9.47 Å². The summed E-state index contributed by atoms with van der Waals surface area (Å²) in [5, 5.41) is 17.0. The fourth-order valence-electron chi connectivity index (χ4n) is 4.01. The number of nitrogens with one attached hydrogen (secondary N) is 2. The van der Waals surface area contributed by atoms with Crippen molar-refractivity contribution in [3.05, 3.63) is 52.2 Å². The van der Waals surface area contributed by atoms with E-state index in [1.807, 2.05) is 4.90 Å². The molecule has 2 amide bonds. The van der Waals surface area contributed by atoms with Crippen LogP contribution in [0.1, 0.15) is 25.3 Å². The monoisotopic (exact) mass is 471 g/mol. The highest BCUT2D eigenvalue weighted by atomic mass is 16.6. The first-order valence-electron chi connectivity index (χ1n) is 10.9. The second kappa shape index (κ2) is 11.3. The van der Waals surface area contributed by atoms with Crippen LogP contribution < -0.4 is 25.0 Å². The standard InChI is InChI=1S/C23H29N5O6/c1-15(29)25-19(13-16-6-7-18(33-2)14-21(16)34-3)23(30)26-17-8-11-27(12-9-17)22-20(28(31)32)5-4-10-24-22/h4-7,10,14,17,19H,8-9,11-13H2,1-3H3,(H,25,29)(H,26,30). The van der Waals surface area contributed by atoms with Gasteiger partial charge in [0, 0.05) is 50.8 Å². The van der Waals surface area contributed by atoms with E-state index in [9.17, 15) is 19.7 Å². The number of benzene rings is 1. The smallest absolute Gasteiger partial charge is 0.311 e. The van der Waals surface area contributed by atoms with E-state index in [0.29, 0.717) is 43.2 Å². The van der Waals surface area contributed by atoms with Gasteiger partial charge in [-0.25, -0.2) is 4.98 Å². The molecule has 1 atom stereocenters. The van der Waals surface area contributed by atoms with Crippen LogP contribution in [0.25, 0.3) is 0 Å². The molecule has 0 aliphatic carbocycles. The molecule has 0 spiro atoms. The van der Waals surface area contributed by atoms with Crippen molar-refractivity contribution in [1.82, 2.24) is 15.6 Å².